The lowest BCUT2D eigenvalue weighted by Gasteiger charge is -2.08. The highest BCUT2D eigenvalue weighted by Crippen LogP contribution is 2.41. The Morgan fingerprint density at radius 1 is 1.24 bits per heavy atom. The second-order valence-electron chi connectivity index (χ2n) is 5.43. The predicted octanol–water partition coefficient (Wildman–Crippen LogP) is 2.48. The highest BCUT2D eigenvalue weighted by atomic mass is 16.1. The van der Waals surface area contributed by atoms with E-state index < -0.39 is 0 Å². The van der Waals surface area contributed by atoms with Gasteiger partial charge in [-0.1, -0.05) is 18.2 Å². The van der Waals surface area contributed by atoms with Crippen molar-refractivity contribution >= 4 is 10.9 Å². The van der Waals surface area contributed by atoms with Gasteiger partial charge in [-0.3, -0.25) is 4.79 Å². The number of hydrogen-bond donors (Lipinski definition) is 0. The van der Waals surface area contributed by atoms with Gasteiger partial charge in [-0.15, -0.1) is 0 Å². The summed E-state index contributed by atoms with van der Waals surface area (Å²) in [5.74, 6) is 0.485. The van der Waals surface area contributed by atoms with Crippen molar-refractivity contribution in [2.75, 3.05) is 0 Å². The number of aromatic nitrogens is 4. The Kier molecular flexibility index (Phi) is 2.67. The molecule has 0 aliphatic heterocycles. The van der Waals surface area contributed by atoms with Crippen molar-refractivity contribution in [3.63, 3.8) is 0 Å². The zero-order valence-corrected chi connectivity index (χ0v) is 11.9. The minimum Gasteiger partial charge on any atom is -0.265 e. The zero-order chi connectivity index (χ0) is 14.4. The molecule has 1 saturated carbocycles. The number of hydrogen-bond acceptors (Lipinski definition) is 3. The van der Waals surface area contributed by atoms with Crippen molar-refractivity contribution in [2.45, 2.75) is 32.2 Å². The van der Waals surface area contributed by atoms with E-state index in [1.165, 1.54) is 0 Å². The molecular formula is C16H16N4O. The van der Waals surface area contributed by atoms with Crippen LogP contribution in [0, 0.1) is 0 Å². The molecule has 21 heavy (non-hydrogen) atoms. The van der Waals surface area contributed by atoms with Gasteiger partial charge in [0, 0.05) is 17.8 Å². The van der Waals surface area contributed by atoms with Crippen LogP contribution in [0.5, 0.6) is 0 Å². The van der Waals surface area contributed by atoms with Crippen LogP contribution in [0.15, 0.2) is 41.3 Å². The van der Waals surface area contributed by atoms with E-state index in [9.17, 15) is 4.79 Å². The summed E-state index contributed by atoms with van der Waals surface area (Å²) in [6, 6.07) is 9.77. The molecule has 3 aromatic rings. The summed E-state index contributed by atoms with van der Waals surface area (Å²) in [5.41, 5.74) is 2.49. The Morgan fingerprint density at radius 3 is 2.67 bits per heavy atom. The quantitative estimate of drug-likeness (QED) is 0.740. The fraction of sp³-hybridized carbons (Fsp3) is 0.312. The van der Waals surface area contributed by atoms with Crippen molar-refractivity contribution in [3.8, 4) is 5.69 Å². The van der Waals surface area contributed by atoms with Crippen LogP contribution in [-0.2, 0) is 6.54 Å². The molecule has 1 aromatic carbocycles. The van der Waals surface area contributed by atoms with Crippen LogP contribution in [-0.4, -0.2) is 19.6 Å². The molecule has 0 unspecified atom stereocenters. The van der Waals surface area contributed by atoms with Gasteiger partial charge in [-0.25, -0.2) is 9.36 Å². The van der Waals surface area contributed by atoms with Crippen LogP contribution < -0.4 is 5.56 Å². The van der Waals surface area contributed by atoms with Gasteiger partial charge in [0.05, 0.1) is 17.6 Å². The van der Waals surface area contributed by atoms with E-state index >= 15 is 0 Å². The number of fused-ring (bicyclic) bond motifs is 1. The fourth-order valence-corrected chi connectivity index (χ4v) is 2.73. The molecule has 0 radical (unpaired) electrons. The molecule has 0 spiro atoms. The summed E-state index contributed by atoms with van der Waals surface area (Å²) < 4.78 is 3.29. The average Bonchev–Trinajstić information content (AvgIpc) is 3.26. The molecule has 0 N–H and O–H groups in total. The van der Waals surface area contributed by atoms with Crippen molar-refractivity contribution in [1.82, 2.24) is 19.6 Å². The Balaban J connectivity index is 2.06. The summed E-state index contributed by atoms with van der Waals surface area (Å²) in [7, 11) is 0. The van der Waals surface area contributed by atoms with E-state index in [4.69, 9.17) is 0 Å². The number of aryl methyl sites for hydroxylation is 1. The minimum atomic E-state index is -0.0711. The van der Waals surface area contributed by atoms with Gasteiger partial charge < -0.3 is 0 Å². The molecule has 4 rings (SSSR count). The van der Waals surface area contributed by atoms with E-state index in [0.29, 0.717) is 18.0 Å². The van der Waals surface area contributed by atoms with Crippen LogP contribution in [0.25, 0.3) is 16.6 Å². The maximum absolute atomic E-state index is 12.6. The molecule has 0 atom stereocenters. The number of rotatable bonds is 3. The predicted molar refractivity (Wildman–Crippen MR) is 80.8 cm³/mol. The summed E-state index contributed by atoms with van der Waals surface area (Å²) in [6.07, 6.45) is 4.09. The number of nitrogens with zero attached hydrogens (tertiary/aromatic N) is 4. The van der Waals surface area contributed by atoms with Gasteiger partial charge in [-0.2, -0.15) is 10.2 Å². The van der Waals surface area contributed by atoms with Crippen LogP contribution in [0.2, 0.25) is 0 Å². The van der Waals surface area contributed by atoms with Crippen LogP contribution in [0.3, 0.4) is 0 Å². The molecule has 0 amide bonds. The van der Waals surface area contributed by atoms with Gasteiger partial charge >= 0.3 is 0 Å². The smallest absolute Gasteiger partial charge is 0.265 e. The summed E-state index contributed by atoms with van der Waals surface area (Å²) in [6.45, 7) is 2.52. The van der Waals surface area contributed by atoms with Gasteiger partial charge in [0.1, 0.15) is 5.52 Å². The average molecular weight is 280 g/mol. The fourth-order valence-electron chi connectivity index (χ4n) is 2.73. The number of para-hydroxylation sites is 1. The van der Waals surface area contributed by atoms with E-state index in [0.717, 1.165) is 29.6 Å². The lowest BCUT2D eigenvalue weighted by atomic mass is 10.2. The van der Waals surface area contributed by atoms with E-state index in [1.54, 1.807) is 15.6 Å². The molecule has 5 nitrogen and oxygen atoms in total. The highest BCUT2D eigenvalue weighted by Gasteiger charge is 2.29. The van der Waals surface area contributed by atoms with Crippen LogP contribution in [0.4, 0.5) is 0 Å². The Bertz CT molecular complexity index is 859. The van der Waals surface area contributed by atoms with Gasteiger partial charge in [0.15, 0.2) is 0 Å². The van der Waals surface area contributed by atoms with Gasteiger partial charge in [-0.05, 0) is 31.9 Å². The Morgan fingerprint density at radius 2 is 2.00 bits per heavy atom. The molecular weight excluding hydrogens is 264 g/mol. The van der Waals surface area contributed by atoms with Gasteiger partial charge in [0.2, 0.25) is 0 Å². The second-order valence-corrected chi connectivity index (χ2v) is 5.43. The maximum Gasteiger partial charge on any atom is 0.293 e. The molecule has 0 saturated heterocycles. The minimum absolute atomic E-state index is 0.0711. The first kappa shape index (κ1) is 12.3. The Labute approximate surface area is 121 Å². The Hall–Kier alpha value is -2.43. The first-order chi connectivity index (χ1) is 10.3. The first-order valence-corrected chi connectivity index (χ1v) is 7.33. The third-order valence-corrected chi connectivity index (χ3v) is 3.97. The first-order valence-electron chi connectivity index (χ1n) is 7.33. The van der Waals surface area contributed by atoms with Crippen molar-refractivity contribution in [3.05, 3.63) is 52.6 Å². The summed E-state index contributed by atoms with van der Waals surface area (Å²) >= 11 is 0. The third kappa shape index (κ3) is 1.88. The third-order valence-electron chi connectivity index (χ3n) is 3.97. The molecule has 0 bridgehead atoms. The van der Waals surface area contributed by atoms with Crippen LogP contribution >= 0.6 is 0 Å². The second kappa shape index (κ2) is 4.55. The van der Waals surface area contributed by atoms with E-state index in [1.807, 2.05) is 37.3 Å². The topological polar surface area (TPSA) is 52.7 Å². The van der Waals surface area contributed by atoms with Crippen molar-refractivity contribution < 1.29 is 0 Å². The van der Waals surface area contributed by atoms with Gasteiger partial charge in [0.25, 0.3) is 5.56 Å². The standard InChI is InChI=1S/C16H16N4O/c1-2-19-16(21)15-13(14(18-19)11-8-9-11)10-17-20(15)12-6-4-3-5-7-12/h3-7,10-11H,2,8-9H2,1H3. The zero-order valence-electron chi connectivity index (χ0n) is 11.9. The summed E-state index contributed by atoms with van der Waals surface area (Å²) in [4.78, 5) is 12.6. The highest BCUT2D eigenvalue weighted by molar-refractivity contribution is 5.82. The normalized spacial score (nSPS) is 14.7. The molecule has 106 valence electrons. The summed E-state index contributed by atoms with van der Waals surface area (Å²) in [5, 5.41) is 9.87. The molecule has 2 aromatic heterocycles. The lowest BCUT2D eigenvalue weighted by Crippen LogP contribution is -2.25. The van der Waals surface area contributed by atoms with E-state index in [-0.39, 0.29) is 5.56 Å². The van der Waals surface area contributed by atoms with Crippen molar-refractivity contribution in [2.24, 2.45) is 0 Å². The number of benzene rings is 1. The molecule has 1 aliphatic carbocycles. The van der Waals surface area contributed by atoms with Crippen LogP contribution in [0.1, 0.15) is 31.4 Å². The van der Waals surface area contributed by atoms with E-state index in [2.05, 4.69) is 10.2 Å². The monoisotopic (exact) mass is 280 g/mol. The molecule has 2 heterocycles. The maximum atomic E-state index is 12.6. The molecule has 1 aliphatic rings. The molecule has 5 heteroatoms. The largest absolute Gasteiger partial charge is 0.293 e. The van der Waals surface area contributed by atoms with Crippen molar-refractivity contribution in [1.29, 1.82) is 0 Å². The lowest BCUT2D eigenvalue weighted by molar-refractivity contribution is 0.605. The SMILES string of the molecule is CCn1nc(C2CC2)c2cnn(-c3ccccc3)c2c1=O. The molecule has 1 fully saturated rings.